The lowest BCUT2D eigenvalue weighted by atomic mass is 9.96. The van der Waals surface area contributed by atoms with Crippen LogP contribution < -0.4 is 14.8 Å². The maximum atomic E-state index is 14.2. The second-order valence-corrected chi connectivity index (χ2v) is 8.56. The number of hydrogen-bond donors (Lipinski definition) is 2. The van der Waals surface area contributed by atoms with Crippen LogP contribution in [0.25, 0.3) is 11.3 Å². The van der Waals surface area contributed by atoms with Crippen LogP contribution in [0.4, 0.5) is 14.6 Å². The summed E-state index contributed by atoms with van der Waals surface area (Å²) < 4.78 is 39.9. The third-order valence-electron chi connectivity index (χ3n) is 6.23. The highest BCUT2D eigenvalue weighted by Crippen LogP contribution is 2.37. The van der Waals surface area contributed by atoms with Gasteiger partial charge in [0.05, 0.1) is 18.2 Å². The Kier molecular flexibility index (Phi) is 5.17. The third kappa shape index (κ3) is 4.09. The zero-order valence-corrected chi connectivity index (χ0v) is 18.5. The number of fused-ring (bicyclic) bond motifs is 2. The minimum absolute atomic E-state index is 0.0552. The highest BCUT2D eigenvalue weighted by atomic mass is 19.1. The topological polar surface area (TPSA) is 89.1 Å². The van der Waals surface area contributed by atoms with E-state index in [4.69, 9.17) is 9.47 Å². The number of nitrogens with zero attached hydrogens (tertiary/aromatic N) is 2. The van der Waals surface area contributed by atoms with Crippen molar-refractivity contribution in [3.05, 3.63) is 83.4 Å². The molecular formula is C26H20F2N4O3. The third-order valence-corrected chi connectivity index (χ3v) is 6.23. The lowest BCUT2D eigenvalue weighted by Gasteiger charge is -2.25. The summed E-state index contributed by atoms with van der Waals surface area (Å²) >= 11 is 0. The van der Waals surface area contributed by atoms with Crippen LogP contribution >= 0.6 is 0 Å². The van der Waals surface area contributed by atoms with E-state index in [9.17, 15) is 13.6 Å². The number of nitrogens with one attached hydrogen (secondary N) is 2. The zero-order valence-electron chi connectivity index (χ0n) is 18.5. The number of carbonyl (C=O) groups is 1. The normalized spacial score (nSPS) is 16.6. The first-order valence-electron chi connectivity index (χ1n) is 11.3. The summed E-state index contributed by atoms with van der Waals surface area (Å²) in [5, 5.41) is 2.78. The van der Waals surface area contributed by atoms with Crippen LogP contribution in [0.3, 0.4) is 0 Å². The van der Waals surface area contributed by atoms with E-state index in [-0.39, 0.29) is 17.4 Å². The average molecular weight is 474 g/mol. The molecule has 2 aromatic heterocycles. The Morgan fingerprint density at radius 3 is 2.91 bits per heavy atom. The molecule has 0 radical (unpaired) electrons. The fourth-order valence-corrected chi connectivity index (χ4v) is 4.47. The van der Waals surface area contributed by atoms with Crippen LogP contribution in [-0.4, -0.2) is 27.5 Å². The standard InChI is InChI=1S/C26H20F2N4O3/c27-16-1-4-20(28)19(11-16)21-12-30-25(31-21)15-9-14-10-17(2-5-22(14)34-13-15)35-23-7-8-29-26-18(23)3-6-24(33)32-26/h1-2,4-5,7-8,10-12,15H,3,6,9,13H2,(H,30,31)(H,29,32,33). The van der Waals surface area contributed by atoms with Crippen molar-refractivity contribution in [3.63, 3.8) is 0 Å². The van der Waals surface area contributed by atoms with Crippen molar-refractivity contribution >= 4 is 11.7 Å². The van der Waals surface area contributed by atoms with Gasteiger partial charge < -0.3 is 19.8 Å². The maximum absolute atomic E-state index is 14.2. The number of carbonyl (C=O) groups excluding carboxylic acids is 1. The van der Waals surface area contributed by atoms with Crippen molar-refractivity contribution in [1.29, 1.82) is 0 Å². The van der Waals surface area contributed by atoms with Crippen molar-refractivity contribution < 1.29 is 23.0 Å². The molecule has 6 rings (SSSR count). The largest absolute Gasteiger partial charge is 0.493 e. The Morgan fingerprint density at radius 2 is 2.00 bits per heavy atom. The fraction of sp³-hybridized carbons (Fsp3) is 0.192. The Morgan fingerprint density at radius 1 is 1.09 bits per heavy atom. The molecule has 0 aliphatic carbocycles. The van der Waals surface area contributed by atoms with E-state index < -0.39 is 11.6 Å². The molecule has 7 nitrogen and oxygen atoms in total. The summed E-state index contributed by atoms with van der Waals surface area (Å²) in [6.07, 6.45) is 4.77. The summed E-state index contributed by atoms with van der Waals surface area (Å²) in [5.41, 5.74) is 2.27. The van der Waals surface area contributed by atoms with E-state index in [2.05, 4.69) is 20.3 Å². The fourth-order valence-electron chi connectivity index (χ4n) is 4.47. The highest BCUT2D eigenvalue weighted by molar-refractivity contribution is 5.93. The van der Waals surface area contributed by atoms with Gasteiger partial charge in [0.15, 0.2) is 0 Å². The Labute approximate surface area is 199 Å². The number of halogens is 2. The summed E-state index contributed by atoms with van der Waals surface area (Å²) in [5.74, 6) is 2.02. The first kappa shape index (κ1) is 21.3. The van der Waals surface area contributed by atoms with Gasteiger partial charge in [-0.2, -0.15) is 0 Å². The summed E-state index contributed by atoms with van der Waals surface area (Å²) in [4.78, 5) is 23.5. The van der Waals surface area contributed by atoms with Crippen molar-refractivity contribution in [2.75, 3.05) is 11.9 Å². The predicted octanol–water partition coefficient (Wildman–Crippen LogP) is 5.15. The second-order valence-electron chi connectivity index (χ2n) is 8.56. The number of ether oxygens (including phenoxy) is 2. The van der Waals surface area contributed by atoms with E-state index in [1.807, 2.05) is 18.2 Å². The van der Waals surface area contributed by atoms with Crippen molar-refractivity contribution in [3.8, 4) is 28.5 Å². The van der Waals surface area contributed by atoms with Crippen molar-refractivity contribution in [2.24, 2.45) is 0 Å². The average Bonchev–Trinajstić information content (AvgIpc) is 3.35. The molecule has 2 N–H and O–H groups in total. The van der Waals surface area contributed by atoms with Gasteiger partial charge in [0.2, 0.25) is 5.91 Å². The summed E-state index contributed by atoms with van der Waals surface area (Å²) in [6.45, 7) is 0.406. The number of rotatable bonds is 4. The van der Waals surface area contributed by atoms with Gasteiger partial charge >= 0.3 is 0 Å². The number of imidazole rings is 1. The smallest absolute Gasteiger partial charge is 0.225 e. The number of aromatic nitrogens is 3. The van der Waals surface area contributed by atoms with Gasteiger partial charge in [-0.05, 0) is 60.9 Å². The first-order chi connectivity index (χ1) is 17.0. The molecule has 4 aromatic rings. The van der Waals surface area contributed by atoms with Gasteiger partial charge in [-0.1, -0.05) is 0 Å². The molecule has 0 saturated carbocycles. The van der Waals surface area contributed by atoms with E-state index in [0.717, 1.165) is 35.1 Å². The number of H-pyrrole nitrogens is 1. The number of anilines is 1. The molecule has 2 aliphatic rings. The Hall–Kier alpha value is -4.27. The maximum Gasteiger partial charge on any atom is 0.225 e. The molecule has 176 valence electrons. The molecule has 35 heavy (non-hydrogen) atoms. The molecule has 0 fully saturated rings. The predicted molar refractivity (Wildman–Crippen MR) is 124 cm³/mol. The number of benzene rings is 2. The van der Waals surface area contributed by atoms with Gasteiger partial charge in [-0.25, -0.2) is 18.7 Å². The molecule has 0 saturated heterocycles. The van der Waals surface area contributed by atoms with Gasteiger partial charge in [-0.15, -0.1) is 0 Å². The van der Waals surface area contributed by atoms with Gasteiger partial charge in [0.25, 0.3) is 0 Å². The molecule has 0 bridgehead atoms. The number of pyridine rings is 1. The quantitative estimate of drug-likeness (QED) is 0.427. The monoisotopic (exact) mass is 474 g/mol. The van der Waals surface area contributed by atoms with Crippen LogP contribution in [0.15, 0.2) is 54.9 Å². The van der Waals surface area contributed by atoms with E-state index in [1.54, 1.807) is 18.5 Å². The molecule has 9 heteroatoms. The second kappa shape index (κ2) is 8.50. The molecule has 4 heterocycles. The number of hydrogen-bond acceptors (Lipinski definition) is 5. The van der Waals surface area contributed by atoms with E-state index in [1.165, 1.54) is 0 Å². The Balaban J connectivity index is 1.23. The van der Waals surface area contributed by atoms with Gasteiger partial charge in [0, 0.05) is 29.9 Å². The SMILES string of the molecule is O=C1CCc2c(Oc3ccc4c(c3)CC(c3nc(-c5cc(F)ccc5F)c[nH]3)CO4)ccnc2N1. The van der Waals surface area contributed by atoms with Crippen molar-refractivity contribution in [2.45, 2.75) is 25.2 Å². The minimum Gasteiger partial charge on any atom is -0.493 e. The van der Waals surface area contributed by atoms with E-state index in [0.29, 0.717) is 54.7 Å². The zero-order chi connectivity index (χ0) is 23.9. The van der Waals surface area contributed by atoms with Crippen LogP contribution in [0, 0.1) is 11.6 Å². The Bertz CT molecular complexity index is 1450. The first-order valence-corrected chi connectivity index (χ1v) is 11.3. The van der Waals surface area contributed by atoms with Gasteiger partial charge in [-0.3, -0.25) is 4.79 Å². The van der Waals surface area contributed by atoms with Crippen molar-refractivity contribution in [1.82, 2.24) is 15.0 Å². The van der Waals surface area contributed by atoms with Crippen LogP contribution in [0.5, 0.6) is 17.2 Å². The molecule has 2 aliphatic heterocycles. The molecule has 1 atom stereocenters. The molecule has 1 amide bonds. The lowest BCUT2D eigenvalue weighted by molar-refractivity contribution is -0.116. The molecule has 1 unspecified atom stereocenters. The number of amides is 1. The number of aromatic amines is 1. The van der Waals surface area contributed by atoms with Crippen LogP contribution in [0.2, 0.25) is 0 Å². The van der Waals surface area contributed by atoms with Crippen LogP contribution in [0.1, 0.15) is 29.3 Å². The highest BCUT2D eigenvalue weighted by Gasteiger charge is 2.26. The molecular weight excluding hydrogens is 454 g/mol. The minimum atomic E-state index is -0.533. The van der Waals surface area contributed by atoms with Crippen LogP contribution in [-0.2, 0) is 17.6 Å². The summed E-state index contributed by atoms with van der Waals surface area (Å²) in [6, 6.07) is 10.7. The lowest BCUT2D eigenvalue weighted by Crippen LogP contribution is -2.20. The molecule has 0 spiro atoms. The molecule has 2 aromatic carbocycles. The van der Waals surface area contributed by atoms with Gasteiger partial charge in [0.1, 0.15) is 40.5 Å². The summed E-state index contributed by atoms with van der Waals surface area (Å²) in [7, 11) is 0. The van der Waals surface area contributed by atoms with E-state index >= 15 is 0 Å².